The fraction of sp³-hybridized carbons (Fsp3) is 0.800. The van der Waals surface area contributed by atoms with Crippen LogP contribution in [0, 0.1) is 11.8 Å². The van der Waals surface area contributed by atoms with Gasteiger partial charge in [0.15, 0.2) is 0 Å². The highest BCUT2D eigenvalue weighted by Crippen LogP contribution is 2.08. The number of hydrogen-bond donors (Lipinski definition) is 2. The van der Waals surface area contributed by atoms with E-state index in [1.165, 1.54) is 0 Å². The molecule has 0 bridgehead atoms. The molecule has 1 aromatic rings. The highest BCUT2D eigenvalue weighted by Gasteiger charge is 2.07. The Balaban J connectivity index is 2.60. The summed E-state index contributed by atoms with van der Waals surface area (Å²) >= 11 is 0. The van der Waals surface area contributed by atoms with Gasteiger partial charge in [-0.2, -0.15) is 4.98 Å². The minimum atomic E-state index is 0.481. The van der Waals surface area contributed by atoms with Crippen LogP contribution in [0.15, 0.2) is 0 Å². The molecule has 3 N–H and O–H groups in total. The van der Waals surface area contributed by atoms with Crippen molar-refractivity contribution in [1.29, 1.82) is 0 Å². The highest BCUT2D eigenvalue weighted by molar-refractivity contribution is 5.31. The molecule has 1 heterocycles. The first-order chi connectivity index (χ1) is 6.99. The van der Waals surface area contributed by atoms with Crippen LogP contribution in [0.5, 0.6) is 0 Å². The molecule has 5 heteroatoms. The Morgan fingerprint density at radius 1 is 1.27 bits per heavy atom. The van der Waals surface area contributed by atoms with E-state index in [4.69, 9.17) is 5.73 Å². The van der Waals surface area contributed by atoms with E-state index < -0.39 is 0 Å². The molecule has 5 nitrogen and oxygen atoms in total. The van der Waals surface area contributed by atoms with E-state index in [0.717, 1.165) is 13.1 Å². The van der Waals surface area contributed by atoms with Gasteiger partial charge in [0.1, 0.15) is 0 Å². The topological polar surface area (TPSA) is 68.8 Å². The molecule has 86 valence electrons. The molecule has 0 spiro atoms. The minimum Gasteiger partial charge on any atom is -0.368 e. The van der Waals surface area contributed by atoms with Crippen molar-refractivity contribution in [2.75, 3.05) is 17.6 Å². The molecule has 0 aliphatic heterocycles. The second-order valence-electron chi connectivity index (χ2n) is 4.64. The summed E-state index contributed by atoms with van der Waals surface area (Å²) in [4.78, 5) is 4.15. The first kappa shape index (κ1) is 11.8. The van der Waals surface area contributed by atoms with Gasteiger partial charge in [-0.05, 0) is 11.8 Å². The van der Waals surface area contributed by atoms with E-state index in [9.17, 15) is 0 Å². The van der Waals surface area contributed by atoms with Gasteiger partial charge in [0, 0.05) is 13.1 Å². The molecule has 1 rings (SSSR count). The van der Waals surface area contributed by atoms with Crippen molar-refractivity contribution in [3.8, 4) is 0 Å². The van der Waals surface area contributed by atoms with Gasteiger partial charge in [0.2, 0.25) is 11.9 Å². The van der Waals surface area contributed by atoms with Crippen LogP contribution in [-0.2, 0) is 6.54 Å². The Morgan fingerprint density at radius 2 is 1.93 bits per heavy atom. The molecule has 15 heavy (non-hydrogen) atoms. The van der Waals surface area contributed by atoms with Gasteiger partial charge in [0.25, 0.3) is 0 Å². The van der Waals surface area contributed by atoms with Crippen LogP contribution in [-0.4, -0.2) is 21.3 Å². The number of nitrogens with one attached hydrogen (secondary N) is 1. The summed E-state index contributed by atoms with van der Waals surface area (Å²) in [5.41, 5.74) is 5.75. The van der Waals surface area contributed by atoms with Gasteiger partial charge >= 0.3 is 0 Å². The Kier molecular flexibility index (Phi) is 3.94. The molecular weight excluding hydrogens is 190 g/mol. The van der Waals surface area contributed by atoms with E-state index in [1.54, 1.807) is 4.68 Å². The van der Waals surface area contributed by atoms with Crippen molar-refractivity contribution < 1.29 is 0 Å². The number of nitrogen functional groups attached to an aromatic ring is 1. The van der Waals surface area contributed by atoms with E-state index in [2.05, 4.69) is 43.1 Å². The maximum absolute atomic E-state index is 5.75. The number of anilines is 2. The fourth-order valence-electron chi connectivity index (χ4n) is 1.20. The second-order valence-corrected chi connectivity index (χ2v) is 4.64. The molecular formula is C10H21N5. The lowest BCUT2D eigenvalue weighted by Gasteiger charge is -2.05. The van der Waals surface area contributed by atoms with Crippen LogP contribution in [0.4, 0.5) is 11.9 Å². The standard InChI is InChI=1S/C10H21N5/c1-7(2)5-12-10-13-9(11)15(14-10)6-8(3)4/h7-8H,5-6H2,1-4H3,(H3,11,12,13,14). The molecule has 0 fully saturated rings. The number of aromatic nitrogens is 3. The van der Waals surface area contributed by atoms with Crippen LogP contribution >= 0.6 is 0 Å². The van der Waals surface area contributed by atoms with Crippen molar-refractivity contribution >= 4 is 11.9 Å². The maximum atomic E-state index is 5.75. The van der Waals surface area contributed by atoms with Crippen molar-refractivity contribution in [2.24, 2.45) is 11.8 Å². The van der Waals surface area contributed by atoms with E-state index in [0.29, 0.717) is 23.7 Å². The highest BCUT2D eigenvalue weighted by atomic mass is 15.4. The van der Waals surface area contributed by atoms with Crippen molar-refractivity contribution in [2.45, 2.75) is 34.2 Å². The largest absolute Gasteiger partial charge is 0.368 e. The summed E-state index contributed by atoms with van der Waals surface area (Å²) in [5, 5.41) is 7.45. The van der Waals surface area contributed by atoms with E-state index in [-0.39, 0.29) is 0 Å². The lowest BCUT2D eigenvalue weighted by Crippen LogP contribution is -2.11. The summed E-state index contributed by atoms with van der Waals surface area (Å²) in [5.74, 6) is 2.20. The molecule has 0 saturated heterocycles. The Hall–Kier alpha value is -1.26. The van der Waals surface area contributed by atoms with Crippen LogP contribution < -0.4 is 11.1 Å². The SMILES string of the molecule is CC(C)CNc1nc(N)n(CC(C)C)n1. The molecule has 0 radical (unpaired) electrons. The minimum absolute atomic E-state index is 0.481. The molecule has 0 unspecified atom stereocenters. The molecule has 0 aromatic carbocycles. The van der Waals surface area contributed by atoms with Crippen LogP contribution in [0.1, 0.15) is 27.7 Å². The zero-order chi connectivity index (χ0) is 11.4. The average Bonchev–Trinajstić information content (AvgIpc) is 2.43. The Bertz CT molecular complexity index is 303. The third kappa shape index (κ3) is 3.77. The zero-order valence-corrected chi connectivity index (χ0v) is 9.99. The second kappa shape index (κ2) is 5.00. The first-order valence-corrected chi connectivity index (χ1v) is 5.43. The third-order valence-corrected chi connectivity index (χ3v) is 1.91. The number of hydrogen-bond acceptors (Lipinski definition) is 4. The zero-order valence-electron chi connectivity index (χ0n) is 9.99. The number of nitrogens with zero attached hydrogens (tertiary/aromatic N) is 3. The first-order valence-electron chi connectivity index (χ1n) is 5.43. The smallest absolute Gasteiger partial charge is 0.243 e. The van der Waals surface area contributed by atoms with Gasteiger partial charge in [-0.3, -0.25) is 0 Å². The van der Waals surface area contributed by atoms with E-state index in [1.807, 2.05) is 0 Å². The van der Waals surface area contributed by atoms with Crippen LogP contribution in [0.2, 0.25) is 0 Å². The summed E-state index contributed by atoms with van der Waals surface area (Å²) in [6.07, 6.45) is 0. The summed E-state index contributed by atoms with van der Waals surface area (Å²) in [6, 6.07) is 0. The third-order valence-electron chi connectivity index (χ3n) is 1.91. The lowest BCUT2D eigenvalue weighted by molar-refractivity contribution is 0.488. The lowest BCUT2D eigenvalue weighted by atomic mass is 10.2. The molecule has 0 amide bonds. The van der Waals surface area contributed by atoms with E-state index >= 15 is 0 Å². The molecule has 0 atom stereocenters. The predicted octanol–water partition coefficient (Wildman–Crippen LogP) is 1.58. The van der Waals surface area contributed by atoms with Gasteiger partial charge < -0.3 is 11.1 Å². The summed E-state index contributed by atoms with van der Waals surface area (Å²) < 4.78 is 1.74. The fourth-order valence-corrected chi connectivity index (χ4v) is 1.20. The molecule has 1 aromatic heterocycles. The van der Waals surface area contributed by atoms with Crippen LogP contribution in [0.25, 0.3) is 0 Å². The quantitative estimate of drug-likeness (QED) is 0.776. The van der Waals surface area contributed by atoms with Gasteiger partial charge in [-0.25, -0.2) is 4.68 Å². The summed E-state index contributed by atoms with van der Waals surface area (Å²) in [6.45, 7) is 10.2. The Morgan fingerprint density at radius 3 is 2.47 bits per heavy atom. The number of rotatable bonds is 5. The van der Waals surface area contributed by atoms with Crippen LogP contribution in [0.3, 0.4) is 0 Å². The monoisotopic (exact) mass is 211 g/mol. The van der Waals surface area contributed by atoms with Crippen molar-refractivity contribution in [3.63, 3.8) is 0 Å². The summed E-state index contributed by atoms with van der Waals surface area (Å²) in [7, 11) is 0. The molecule has 0 aliphatic carbocycles. The van der Waals surface area contributed by atoms with Gasteiger partial charge in [0.05, 0.1) is 0 Å². The molecule has 0 aliphatic rings. The average molecular weight is 211 g/mol. The Labute approximate surface area is 91.1 Å². The predicted molar refractivity (Wildman–Crippen MR) is 62.6 cm³/mol. The molecule has 0 saturated carbocycles. The van der Waals surface area contributed by atoms with Crippen molar-refractivity contribution in [3.05, 3.63) is 0 Å². The van der Waals surface area contributed by atoms with Crippen molar-refractivity contribution in [1.82, 2.24) is 14.8 Å². The van der Waals surface area contributed by atoms with Gasteiger partial charge in [-0.1, -0.05) is 27.7 Å². The maximum Gasteiger partial charge on any atom is 0.243 e. The normalized spacial score (nSPS) is 11.3. The van der Waals surface area contributed by atoms with Gasteiger partial charge in [-0.15, -0.1) is 5.10 Å². The number of nitrogens with two attached hydrogens (primary N) is 1.